The second kappa shape index (κ2) is 4.82. The lowest BCUT2D eigenvalue weighted by Crippen LogP contribution is -2.25. The van der Waals surface area contributed by atoms with Gasteiger partial charge in [0.1, 0.15) is 0 Å². The Morgan fingerprint density at radius 1 is 1.33 bits per heavy atom. The van der Waals surface area contributed by atoms with Gasteiger partial charge in [0.25, 0.3) is 0 Å². The van der Waals surface area contributed by atoms with Crippen LogP contribution in [0, 0.1) is 11.8 Å². The summed E-state index contributed by atoms with van der Waals surface area (Å²) >= 11 is 1.66. The first-order chi connectivity index (χ1) is 8.81. The second-order valence-electron chi connectivity index (χ2n) is 5.04. The Kier molecular flexibility index (Phi) is 3.18. The molecule has 0 spiro atoms. The van der Waals surface area contributed by atoms with Gasteiger partial charge in [0, 0.05) is 16.2 Å². The molecule has 1 aromatic heterocycles. The van der Waals surface area contributed by atoms with Crippen LogP contribution in [0.25, 0.3) is 10.1 Å². The number of carbonyl (C=O) groups is 1. The molecule has 1 aromatic carbocycles. The largest absolute Gasteiger partial charge is 0.330 e. The number of rotatable bonds is 3. The summed E-state index contributed by atoms with van der Waals surface area (Å²) in [6.45, 7) is 0.636. The zero-order valence-electron chi connectivity index (χ0n) is 10.3. The molecule has 0 radical (unpaired) electrons. The van der Waals surface area contributed by atoms with E-state index in [0.717, 1.165) is 29.5 Å². The van der Waals surface area contributed by atoms with Crippen molar-refractivity contribution in [3.63, 3.8) is 0 Å². The molecule has 1 aliphatic rings. The first-order valence-electron chi connectivity index (χ1n) is 6.51. The zero-order chi connectivity index (χ0) is 12.5. The summed E-state index contributed by atoms with van der Waals surface area (Å²) in [4.78, 5) is 12.7. The molecular weight excluding hydrogens is 242 g/mol. The van der Waals surface area contributed by atoms with Gasteiger partial charge >= 0.3 is 0 Å². The SMILES string of the molecule is NCC1CCCC1C(=O)c1cccc2ccsc12. The molecule has 2 nitrogen and oxygen atoms in total. The lowest BCUT2D eigenvalue weighted by atomic mass is 9.88. The quantitative estimate of drug-likeness (QED) is 0.858. The van der Waals surface area contributed by atoms with Gasteiger partial charge in [0.05, 0.1) is 0 Å². The molecule has 1 fully saturated rings. The third-order valence-corrected chi connectivity index (χ3v) is 5.01. The maximum Gasteiger partial charge on any atom is 0.167 e. The molecule has 94 valence electrons. The van der Waals surface area contributed by atoms with E-state index in [2.05, 4.69) is 17.5 Å². The minimum atomic E-state index is 0.141. The third-order valence-electron chi connectivity index (χ3n) is 4.04. The van der Waals surface area contributed by atoms with E-state index in [9.17, 15) is 4.79 Å². The zero-order valence-corrected chi connectivity index (χ0v) is 11.1. The van der Waals surface area contributed by atoms with Crippen LogP contribution in [-0.4, -0.2) is 12.3 Å². The molecule has 3 rings (SSSR count). The molecule has 0 bridgehead atoms. The number of hydrogen-bond acceptors (Lipinski definition) is 3. The van der Waals surface area contributed by atoms with Crippen LogP contribution in [0.4, 0.5) is 0 Å². The van der Waals surface area contributed by atoms with E-state index in [1.165, 1.54) is 5.39 Å². The van der Waals surface area contributed by atoms with Crippen LogP contribution in [0.1, 0.15) is 29.6 Å². The lowest BCUT2D eigenvalue weighted by Gasteiger charge is -2.16. The van der Waals surface area contributed by atoms with Gasteiger partial charge in [-0.1, -0.05) is 18.6 Å². The van der Waals surface area contributed by atoms with Crippen LogP contribution in [0.15, 0.2) is 29.6 Å². The fraction of sp³-hybridized carbons (Fsp3) is 0.400. The van der Waals surface area contributed by atoms with E-state index in [4.69, 9.17) is 5.73 Å². The smallest absolute Gasteiger partial charge is 0.167 e. The summed E-state index contributed by atoms with van der Waals surface area (Å²) in [6, 6.07) is 8.09. The van der Waals surface area contributed by atoms with Crippen LogP contribution < -0.4 is 5.73 Å². The number of nitrogens with two attached hydrogens (primary N) is 1. The molecule has 0 amide bonds. The summed E-state index contributed by atoms with van der Waals surface area (Å²) < 4.78 is 1.13. The minimum absolute atomic E-state index is 0.141. The van der Waals surface area contributed by atoms with Gasteiger partial charge in [-0.25, -0.2) is 0 Å². The van der Waals surface area contributed by atoms with Crippen LogP contribution in [0.2, 0.25) is 0 Å². The Morgan fingerprint density at radius 3 is 3.06 bits per heavy atom. The van der Waals surface area contributed by atoms with Crippen molar-refractivity contribution in [3.05, 3.63) is 35.2 Å². The maximum absolute atomic E-state index is 12.7. The predicted molar refractivity (Wildman–Crippen MR) is 76.0 cm³/mol. The van der Waals surface area contributed by atoms with Crippen molar-refractivity contribution in [2.24, 2.45) is 17.6 Å². The molecule has 1 aliphatic carbocycles. The highest BCUT2D eigenvalue weighted by Crippen LogP contribution is 2.35. The van der Waals surface area contributed by atoms with Crippen molar-refractivity contribution in [2.75, 3.05) is 6.54 Å². The normalized spacial score (nSPS) is 23.6. The van der Waals surface area contributed by atoms with E-state index >= 15 is 0 Å². The van der Waals surface area contributed by atoms with E-state index in [-0.39, 0.29) is 5.92 Å². The van der Waals surface area contributed by atoms with E-state index < -0.39 is 0 Å². The van der Waals surface area contributed by atoms with Crippen LogP contribution in [0.3, 0.4) is 0 Å². The monoisotopic (exact) mass is 259 g/mol. The fourth-order valence-electron chi connectivity index (χ4n) is 3.05. The fourth-order valence-corrected chi connectivity index (χ4v) is 3.97. The Bertz CT molecular complexity index is 575. The highest BCUT2D eigenvalue weighted by molar-refractivity contribution is 7.17. The standard InChI is InChI=1S/C15H17NOS/c16-9-11-4-2-5-12(11)14(17)13-6-1-3-10-7-8-18-15(10)13/h1,3,6-8,11-12H,2,4-5,9,16H2. The number of thiophene rings is 1. The number of Topliss-reactive ketones (excluding diaryl/α,β-unsaturated/α-hetero) is 1. The van der Waals surface area contributed by atoms with E-state index in [1.807, 2.05) is 12.1 Å². The van der Waals surface area contributed by atoms with Crippen LogP contribution >= 0.6 is 11.3 Å². The molecule has 1 heterocycles. The van der Waals surface area contributed by atoms with Gasteiger partial charge in [-0.2, -0.15) is 0 Å². The van der Waals surface area contributed by atoms with Crippen molar-refractivity contribution >= 4 is 27.2 Å². The summed E-state index contributed by atoms with van der Waals surface area (Å²) in [7, 11) is 0. The molecule has 18 heavy (non-hydrogen) atoms. The Labute approximate surface area is 111 Å². The van der Waals surface area contributed by atoms with E-state index in [1.54, 1.807) is 11.3 Å². The molecule has 3 heteroatoms. The molecule has 2 unspecified atom stereocenters. The van der Waals surface area contributed by atoms with Crippen molar-refractivity contribution in [1.29, 1.82) is 0 Å². The number of fused-ring (bicyclic) bond motifs is 1. The number of benzene rings is 1. The van der Waals surface area contributed by atoms with Gasteiger partial charge < -0.3 is 5.73 Å². The maximum atomic E-state index is 12.7. The third kappa shape index (κ3) is 1.88. The Hall–Kier alpha value is -1.19. The molecule has 2 atom stereocenters. The molecule has 2 aromatic rings. The number of carbonyl (C=O) groups excluding carboxylic acids is 1. The van der Waals surface area contributed by atoms with Gasteiger partial charge in [0.15, 0.2) is 5.78 Å². The molecule has 0 saturated heterocycles. The van der Waals surface area contributed by atoms with Gasteiger partial charge in [-0.3, -0.25) is 4.79 Å². The summed E-state index contributed by atoms with van der Waals surface area (Å²) in [5.41, 5.74) is 6.68. The van der Waals surface area contributed by atoms with Crippen molar-refractivity contribution in [3.8, 4) is 0 Å². The number of ketones is 1. The van der Waals surface area contributed by atoms with Crippen LogP contribution in [0.5, 0.6) is 0 Å². The van der Waals surface area contributed by atoms with E-state index in [0.29, 0.717) is 18.2 Å². The first kappa shape index (κ1) is 11.9. The average Bonchev–Trinajstić information content (AvgIpc) is 3.05. The minimum Gasteiger partial charge on any atom is -0.330 e. The van der Waals surface area contributed by atoms with Gasteiger partial charge in [-0.05, 0) is 48.2 Å². The second-order valence-corrected chi connectivity index (χ2v) is 5.96. The molecule has 1 saturated carbocycles. The molecule has 2 N–H and O–H groups in total. The number of hydrogen-bond donors (Lipinski definition) is 1. The van der Waals surface area contributed by atoms with Crippen molar-refractivity contribution in [2.45, 2.75) is 19.3 Å². The van der Waals surface area contributed by atoms with Gasteiger partial charge in [0.2, 0.25) is 0 Å². The lowest BCUT2D eigenvalue weighted by molar-refractivity contribution is 0.0895. The highest BCUT2D eigenvalue weighted by Gasteiger charge is 2.33. The van der Waals surface area contributed by atoms with Crippen molar-refractivity contribution < 1.29 is 4.79 Å². The molecule has 0 aliphatic heterocycles. The predicted octanol–water partition coefficient (Wildman–Crippen LogP) is 3.46. The first-order valence-corrected chi connectivity index (χ1v) is 7.39. The van der Waals surface area contributed by atoms with Gasteiger partial charge in [-0.15, -0.1) is 11.3 Å². The summed E-state index contributed by atoms with van der Waals surface area (Å²) in [5.74, 6) is 0.825. The molecular formula is C15H17NOS. The average molecular weight is 259 g/mol. The van der Waals surface area contributed by atoms with Crippen LogP contribution in [-0.2, 0) is 0 Å². The summed E-state index contributed by atoms with van der Waals surface area (Å²) in [6.07, 6.45) is 3.24. The summed E-state index contributed by atoms with van der Waals surface area (Å²) in [5, 5.41) is 3.23. The van der Waals surface area contributed by atoms with Crippen molar-refractivity contribution in [1.82, 2.24) is 0 Å². The Balaban J connectivity index is 1.99. The highest BCUT2D eigenvalue weighted by atomic mass is 32.1. The topological polar surface area (TPSA) is 43.1 Å². The Morgan fingerprint density at radius 2 is 2.22 bits per heavy atom.